The molecule has 0 radical (unpaired) electrons. The van der Waals surface area contributed by atoms with Crippen molar-refractivity contribution in [2.24, 2.45) is 5.73 Å². The van der Waals surface area contributed by atoms with Crippen molar-refractivity contribution in [1.29, 1.82) is 0 Å². The van der Waals surface area contributed by atoms with E-state index >= 15 is 0 Å². The monoisotopic (exact) mass is 210 g/mol. The maximum atomic E-state index is 8.82. The zero-order valence-corrected chi connectivity index (χ0v) is 8.16. The number of aromatic amines is 1. The highest BCUT2D eigenvalue weighted by Gasteiger charge is 2.11. The summed E-state index contributed by atoms with van der Waals surface area (Å²) in [4.78, 5) is 5.17. The van der Waals surface area contributed by atoms with Gasteiger partial charge < -0.3 is 10.8 Å². The molecule has 74 valence electrons. The summed E-state index contributed by atoms with van der Waals surface area (Å²) in [6.45, 7) is -0.140. The summed E-state index contributed by atoms with van der Waals surface area (Å²) < 4.78 is 0. The van der Waals surface area contributed by atoms with Gasteiger partial charge in [0, 0.05) is 0 Å². The van der Waals surface area contributed by atoms with Crippen LogP contribution in [-0.2, 0) is 0 Å². The third-order valence-corrected chi connectivity index (χ3v) is 2.66. The molecule has 2 rings (SSSR count). The molecule has 1 atom stereocenters. The number of aromatic nitrogens is 3. The van der Waals surface area contributed by atoms with E-state index in [4.69, 9.17) is 10.8 Å². The molecule has 0 spiro atoms. The highest BCUT2D eigenvalue weighted by molar-refractivity contribution is 7.13. The average Bonchev–Trinajstić information content (AvgIpc) is 2.86. The SMILES string of the molecule is N[C@@H](CO)c1nc(-c2cccs2)n[nH]1. The van der Waals surface area contributed by atoms with Crippen LogP contribution >= 0.6 is 11.3 Å². The van der Waals surface area contributed by atoms with Gasteiger partial charge in [0.2, 0.25) is 0 Å². The van der Waals surface area contributed by atoms with Crippen LogP contribution < -0.4 is 5.73 Å². The molecule has 2 aromatic rings. The lowest BCUT2D eigenvalue weighted by Gasteiger charge is -2.00. The van der Waals surface area contributed by atoms with Crippen molar-refractivity contribution in [1.82, 2.24) is 15.2 Å². The Morgan fingerprint density at radius 3 is 3.14 bits per heavy atom. The summed E-state index contributed by atoms with van der Waals surface area (Å²) in [5.74, 6) is 1.13. The molecular formula is C8H10N4OS. The quantitative estimate of drug-likeness (QED) is 0.689. The molecule has 0 bridgehead atoms. The van der Waals surface area contributed by atoms with Gasteiger partial charge in [0.15, 0.2) is 5.82 Å². The molecule has 0 aromatic carbocycles. The van der Waals surface area contributed by atoms with E-state index in [1.54, 1.807) is 11.3 Å². The van der Waals surface area contributed by atoms with Crippen molar-refractivity contribution >= 4 is 11.3 Å². The van der Waals surface area contributed by atoms with Crippen LogP contribution in [0.4, 0.5) is 0 Å². The fraction of sp³-hybridized carbons (Fsp3) is 0.250. The lowest BCUT2D eigenvalue weighted by molar-refractivity contribution is 0.263. The Labute approximate surface area is 84.6 Å². The third-order valence-electron chi connectivity index (χ3n) is 1.79. The lowest BCUT2D eigenvalue weighted by atomic mass is 10.3. The zero-order valence-electron chi connectivity index (χ0n) is 7.34. The van der Waals surface area contributed by atoms with Crippen LogP contribution in [0.15, 0.2) is 17.5 Å². The second kappa shape index (κ2) is 3.87. The molecule has 14 heavy (non-hydrogen) atoms. The van der Waals surface area contributed by atoms with Crippen LogP contribution in [0.3, 0.4) is 0 Å². The van der Waals surface area contributed by atoms with Gasteiger partial charge in [-0.1, -0.05) is 6.07 Å². The van der Waals surface area contributed by atoms with Crippen molar-refractivity contribution in [3.05, 3.63) is 23.3 Å². The Hall–Kier alpha value is -1.24. The van der Waals surface area contributed by atoms with Gasteiger partial charge in [-0.05, 0) is 11.4 Å². The minimum Gasteiger partial charge on any atom is -0.394 e. The van der Waals surface area contributed by atoms with Crippen LogP contribution in [-0.4, -0.2) is 26.9 Å². The van der Waals surface area contributed by atoms with E-state index in [9.17, 15) is 0 Å². The molecule has 0 fully saturated rings. The number of aliphatic hydroxyl groups excluding tert-OH is 1. The van der Waals surface area contributed by atoms with E-state index in [2.05, 4.69) is 15.2 Å². The average molecular weight is 210 g/mol. The van der Waals surface area contributed by atoms with Gasteiger partial charge in [-0.2, -0.15) is 5.10 Å². The number of aliphatic hydroxyl groups is 1. The van der Waals surface area contributed by atoms with Crippen LogP contribution in [0.2, 0.25) is 0 Å². The van der Waals surface area contributed by atoms with Gasteiger partial charge in [0.25, 0.3) is 0 Å². The number of hydrogen-bond donors (Lipinski definition) is 3. The van der Waals surface area contributed by atoms with Crippen LogP contribution in [0, 0.1) is 0 Å². The van der Waals surface area contributed by atoms with E-state index in [0.717, 1.165) is 4.88 Å². The highest BCUT2D eigenvalue weighted by atomic mass is 32.1. The first-order valence-electron chi connectivity index (χ1n) is 4.14. The Morgan fingerprint density at radius 1 is 1.64 bits per heavy atom. The first kappa shape index (κ1) is 9.32. The van der Waals surface area contributed by atoms with Crippen LogP contribution in [0.25, 0.3) is 10.7 Å². The Kier molecular flexibility index (Phi) is 2.58. The molecule has 6 heteroatoms. The van der Waals surface area contributed by atoms with Crippen molar-refractivity contribution < 1.29 is 5.11 Å². The molecular weight excluding hydrogens is 200 g/mol. The van der Waals surface area contributed by atoms with E-state index in [1.807, 2.05) is 17.5 Å². The molecule has 0 saturated carbocycles. The first-order valence-corrected chi connectivity index (χ1v) is 5.02. The molecule has 0 amide bonds. The van der Waals surface area contributed by atoms with Crippen molar-refractivity contribution in [3.8, 4) is 10.7 Å². The predicted octanol–water partition coefficient (Wildman–Crippen LogP) is 0.525. The zero-order chi connectivity index (χ0) is 9.97. The van der Waals surface area contributed by atoms with Gasteiger partial charge in [-0.3, -0.25) is 5.10 Å². The molecule has 0 aliphatic heterocycles. The molecule has 2 aromatic heterocycles. The summed E-state index contributed by atoms with van der Waals surface area (Å²) in [6, 6.07) is 3.38. The molecule has 0 aliphatic rings. The normalized spacial score (nSPS) is 13.0. The number of nitrogens with zero attached hydrogens (tertiary/aromatic N) is 2. The molecule has 0 saturated heterocycles. The summed E-state index contributed by atoms with van der Waals surface area (Å²) in [6.07, 6.45) is 0. The van der Waals surface area contributed by atoms with Gasteiger partial charge in [0.1, 0.15) is 5.82 Å². The lowest BCUT2D eigenvalue weighted by Crippen LogP contribution is -2.15. The second-order valence-corrected chi connectivity index (χ2v) is 3.76. The number of H-pyrrole nitrogens is 1. The predicted molar refractivity (Wildman–Crippen MR) is 53.7 cm³/mol. The number of nitrogens with one attached hydrogen (secondary N) is 1. The fourth-order valence-electron chi connectivity index (χ4n) is 1.04. The maximum absolute atomic E-state index is 8.82. The molecule has 0 aliphatic carbocycles. The highest BCUT2D eigenvalue weighted by Crippen LogP contribution is 2.21. The third kappa shape index (κ3) is 1.67. The molecule has 5 nitrogen and oxygen atoms in total. The number of rotatable bonds is 3. The topological polar surface area (TPSA) is 87.8 Å². The molecule has 2 heterocycles. The first-order chi connectivity index (χ1) is 6.81. The largest absolute Gasteiger partial charge is 0.394 e. The summed E-state index contributed by atoms with van der Waals surface area (Å²) in [5.41, 5.74) is 5.58. The number of hydrogen-bond acceptors (Lipinski definition) is 5. The second-order valence-electron chi connectivity index (χ2n) is 2.81. The standard InChI is InChI=1S/C8H10N4OS/c9-5(4-13)7-10-8(12-11-7)6-2-1-3-14-6/h1-3,5,13H,4,9H2,(H,10,11,12)/t5-/m0/s1. The van der Waals surface area contributed by atoms with Crippen molar-refractivity contribution in [2.75, 3.05) is 6.61 Å². The van der Waals surface area contributed by atoms with E-state index in [1.165, 1.54) is 0 Å². The Balaban J connectivity index is 2.26. The van der Waals surface area contributed by atoms with Gasteiger partial charge in [0.05, 0.1) is 17.5 Å². The fourth-order valence-corrected chi connectivity index (χ4v) is 1.70. The van der Waals surface area contributed by atoms with E-state index < -0.39 is 6.04 Å². The smallest absolute Gasteiger partial charge is 0.191 e. The van der Waals surface area contributed by atoms with Crippen molar-refractivity contribution in [2.45, 2.75) is 6.04 Å². The Bertz CT molecular complexity index is 397. The number of thiophene rings is 1. The molecule has 4 N–H and O–H groups in total. The summed E-state index contributed by atoms with van der Waals surface area (Å²) >= 11 is 1.56. The van der Waals surface area contributed by atoms with Crippen molar-refractivity contribution in [3.63, 3.8) is 0 Å². The minimum absolute atomic E-state index is 0.140. The van der Waals surface area contributed by atoms with Gasteiger partial charge >= 0.3 is 0 Å². The summed E-state index contributed by atoms with van der Waals surface area (Å²) in [7, 11) is 0. The Morgan fingerprint density at radius 2 is 2.50 bits per heavy atom. The van der Waals surface area contributed by atoms with Gasteiger partial charge in [-0.15, -0.1) is 11.3 Å². The maximum Gasteiger partial charge on any atom is 0.191 e. The minimum atomic E-state index is -0.490. The van der Waals surface area contributed by atoms with E-state index in [0.29, 0.717) is 11.6 Å². The van der Waals surface area contributed by atoms with Gasteiger partial charge in [-0.25, -0.2) is 4.98 Å². The van der Waals surface area contributed by atoms with Crippen LogP contribution in [0.5, 0.6) is 0 Å². The summed E-state index contributed by atoms with van der Waals surface area (Å²) in [5, 5.41) is 17.5. The van der Waals surface area contributed by atoms with E-state index in [-0.39, 0.29) is 6.61 Å². The van der Waals surface area contributed by atoms with Crippen LogP contribution in [0.1, 0.15) is 11.9 Å². The molecule has 0 unspecified atom stereocenters. The number of nitrogens with two attached hydrogens (primary N) is 1.